The lowest BCUT2D eigenvalue weighted by Crippen LogP contribution is -2.39. The van der Waals surface area contributed by atoms with Crippen molar-refractivity contribution in [3.8, 4) is 5.75 Å². The minimum atomic E-state index is -0.283. The van der Waals surface area contributed by atoms with Gasteiger partial charge in [0.05, 0.1) is 18.4 Å². The summed E-state index contributed by atoms with van der Waals surface area (Å²) in [7, 11) is 1.57. The van der Waals surface area contributed by atoms with Gasteiger partial charge >= 0.3 is 0 Å². The molecule has 6 nitrogen and oxygen atoms in total. The molecule has 0 fully saturated rings. The van der Waals surface area contributed by atoms with Crippen LogP contribution in [0.1, 0.15) is 34.6 Å². The Morgan fingerprint density at radius 1 is 1.04 bits per heavy atom. The maximum absolute atomic E-state index is 12.5. The molecule has 0 unspecified atom stereocenters. The second kappa shape index (κ2) is 9.58. The largest absolute Gasteiger partial charge is 0.497 e. The van der Waals surface area contributed by atoms with Crippen LogP contribution in [0.4, 0.5) is 5.69 Å². The highest BCUT2D eigenvalue weighted by atomic mass is 16.5. The van der Waals surface area contributed by atoms with Crippen molar-refractivity contribution >= 4 is 17.5 Å². The maximum atomic E-state index is 12.5. The van der Waals surface area contributed by atoms with Gasteiger partial charge < -0.3 is 20.7 Å². The molecule has 2 rings (SSSR count). The van der Waals surface area contributed by atoms with Gasteiger partial charge in [-0.25, -0.2) is 0 Å². The van der Waals surface area contributed by atoms with Crippen LogP contribution in [-0.2, 0) is 0 Å². The average molecular weight is 355 g/mol. The Morgan fingerprint density at radius 3 is 2.38 bits per heavy atom. The molecular weight excluding hydrogens is 330 g/mol. The van der Waals surface area contributed by atoms with Crippen LogP contribution >= 0.6 is 0 Å². The van der Waals surface area contributed by atoms with Crippen LogP contribution in [0.2, 0.25) is 0 Å². The Morgan fingerprint density at radius 2 is 1.73 bits per heavy atom. The third-order valence-corrected chi connectivity index (χ3v) is 3.89. The van der Waals surface area contributed by atoms with Gasteiger partial charge in [0.25, 0.3) is 11.8 Å². The molecule has 3 N–H and O–H groups in total. The predicted octanol–water partition coefficient (Wildman–Crippen LogP) is 2.68. The smallest absolute Gasteiger partial charge is 0.255 e. The van der Waals surface area contributed by atoms with Gasteiger partial charge in [-0.05, 0) is 49.9 Å². The van der Waals surface area contributed by atoms with Crippen molar-refractivity contribution in [3.63, 3.8) is 0 Å². The number of anilines is 1. The average Bonchev–Trinajstić information content (AvgIpc) is 2.67. The van der Waals surface area contributed by atoms with Crippen LogP contribution < -0.4 is 20.7 Å². The standard InChI is InChI=1S/C20H25N3O3/c1-4-21-14(2)13-22-20(25)17-7-5-6-8-18(17)23-19(24)15-9-11-16(26-3)12-10-15/h5-12,14,21H,4,13H2,1-3H3,(H,22,25)(H,23,24)/t14-/m1/s1. The fourth-order valence-corrected chi connectivity index (χ4v) is 2.49. The van der Waals surface area contributed by atoms with Crippen LogP contribution in [0.5, 0.6) is 5.75 Å². The number of benzene rings is 2. The summed E-state index contributed by atoms with van der Waals surface area (Å²) in [5, 5.41) is 8.92. The maximum Gasteiger partial charge on any atom is 0.255 e. The van der Waals surface area contributed by atoms with Crippen LogP contribution in [-0.4, -0.2) is 38.1 Å². The zero-order valence-electron chi connectivity index (χ0n) is 15.3. The first-order valence-electron chi connectivity index (χ1n) is 8.61. The molecule has 0 aliphatic rings. The Kier molecular flexibility index (Phi) is 7.17. The monoisotopic (exact) mass is 355 g/mol. The summed E-state index contributed by atoms with van der Waals surface area (Å²) in [6, 6.07) is 13.9. The van der Waals surface area contributed by atoms with E-state index in [1.54, 1.807) is 55.6 Å². The molecule has 0 aliphatic heterocycles. The Bertz CT molecular complexity index is 744. The van der Waals surface area contributed by atoms with Gasteiger partial charge in [0.15, 0.2) is 0 Å². The number of rotatable bonds is 8. The fraction of sp³-hybridized carbons (Fsp3) is 0.300. The first-order valence-corrected chi connectivity index (χ1v) is 8.61. The molecule has 2 amide bonds. The SMILES string of the molecule is CCN[C@H](C)CNC(=O)c1ccccc1NC(=O)c1ccc(OC)cc1. The molecule has 1 atom stereocenters. The summed E-state index contributed by atoms with van der Waals surface area (Å²) in [6.07, 6.45) is 0. The first kappa shape index (κ1) is 19.5. The molecular formula is C20H25N3O3. The minimum Gasteiger partial charge on any atom is -0.497 e. The van der Waals surface area contributed by atoms with Gasteiger partial charge in [-0.3, -0.25) is 9.59 Å². The quantitative estimate of drug-likeness (QED) is 0.680. The number of methoxy groups -OCH3 is 1. The van der Waals surface area contributed by atoms with Gasteiger partial charge in [0.2, 0.25) is 0 Å². The summed E-state index contributed by atoms with van der Waals surface area (Å²) in [6.45, 7) is 5.36. The van der Waals surface area contributed by atoms with Crippen molar-refractivity contribution in [2.45, 2.75) is 19.9 Å². The summed E-state index contributed by atoms with van der Waals surface area (Å²) >= 11 is 0. The van der Waals surface area contributed by atoms with E-state index in [1.165, 1.54) is 0 Å². The molecule has 0 saturated carbocycles. The third-order valence-electron chi connectivity index (χ3n) is 3.89. The molecule has 2 aromatic carbocycles. The van der Waals surface area contributed by atoms with Crippen molar-refractivity contribution < 1.29 is 14.3 Å². The van der Waals surface area contributed by atoms with E-state index < -0.39 is 0 Å². The molecule has 26 heavy (non-hydrogen) atoms. The number of likely N-dealkylation sites (N-methyl/N-ethyl adjacent to an activating group) is 1. The molecule has 0 radical (unpaired) electrons. The molecule has 6 heteroatoms. The summed E-state index contributed by atoms with van der Waals surface area (Å²) in [5.74, 6) is 0.172. The van der Waals surface area contributed by atoms with Crippen LogP contribution in [0.25, 0.3) is 0 Å². The van der Waals surface area contributed by atoms with Crippen LogP contribution in [0.3, 0.4) is 0 Å². The van der Waals surface area contributed by atoms with E-state index in [4.69, 9.17) is 4.74 Å². The molecule has 2 aromatic rings. The predicted molar refractivity (Wildman–Crippen MR) is 103 cm³/mol. The van der Waals surface area contributed by atoms with E-state index in [0.29, 0.717) is 29.1 Å². The van der Waals surface area contributed by atoms with Crippen molar-refractivity contribution in [2.24, 2.45) is 0 Å². The Balaban J connectivity index is 2.07. The van der Waals surface area contributed by atoms with Gasteiger partial charge in [-0.2, -0.15) is 0 Å². The van der Waals surface area contributed by atoms with E-state index in [0.717, 1.165) is 6.54 Å². The Labute approximate surface area is 153 Å². The van der Waals surface area contributed by atoms with E-state index in [1.807, 2.05) is 13.8 Å². The van der Waals surface area contributed by atoms with Gasteiger partial charge in [-0.15, -0.1) is 0 Å². The lowest BCUT2D eigenvalue weighted by Gasteiger charge is -2.15. The highest BCUT2D eigenvalue weighted by Crippen LogP contribution is 2.17. The lowest BCUT2D eigenvalue weighted by molar-refractivity contribution is 0.0951. The number of para-hydroxylation sites is 1. The molecule has 0 bridgehead atoms. The third kappa shape index (κ3) is 5.32. The second-order valence-corrected chi connectivity index (χ2v) is 5.90. The summed E-state index contributed by atoms with van der Waals surface area (Å²) in [4.78, 5) is 24.9. The van der Waals surface area contributed by atoms with Crippen molar-refractivity contribution in [3.05, 3.63) is 59.7 Å². The number of nitrogens with one attached hydrogen (secondary N) is 3. The zero-order valence-corrected chi connectivity index (χ0v) is 15.3. The van der Waals surface area contributed by atoms with Gasteiger partial charge in [0.1, 0.15) is 5.75 Å². The number of ether oxygens (including phenoxy) is 1. The van der Waals surface area contributed by atoms with Crippen molar-refractivity contribution in [1.82, 2.24) is 10.6 Å². The zero-order chi connectivity index (χ0) is 18.9. The summed E-state index contributed by atoms with van der Waals surface area (Å²) < 4.78 is 5.09. The highest BCUT2D eigenvalue weighted by molar-refractivity contribution is 6.09. The molecule has 138 valence electrons. The highest BCUT2D eigenvalue weighted by Gasteiger charge is 2.14. The van der Waals surface area contributed by atoms with E-state index >= 15 is 0 Å². The van der Waals surface area contributed by atoms with Gasteiger partial charge in [-0.1, -0.05) is 19.1 Å². The molecule has 0 spiro atoms. The second-order valence-electron chi connectivity index (χ2n) is 5.90. The number of hydrogen-bond acceptors (Lipinski definition) is 4. The topological polar surface area (TPSA) is 79.5 Å². The van der Waals surface area contributed by atoms with E-state index in [2.05, 4.69) is 16.0 Å². The summed E-state index contributed by atoms with van der Waals surface area (Å²) in [5.41, 5.74) is 1.39. The van der Waals surface area contributed by atoms with E-state index in [9.17, 15) is 9.59 Å². The number of carbonyl (C=O) groups excluding carboxylic acids is 2. The normalized spacial score (nSPS) is 11.5. The molecule has 0 saturated heterocycles. The van der Waals surface area contributed by atoms with E-state index in [-0.39, 0.29) is 17.9 Å². The number of hydrogen-bond donors (Lipinski definition) is 3. The lowest BCUT2D eigenvalue weighted by atomic mass is 10.1. The van der Waals surface area contributed by atoms with Gasteiger partial charge in [0, 0.05) is 18.2 Å². The Hall–Kier alpha value is -2.86. The fourth-order valence-electron chi connectivity index (χ4n) is 2.49. The van der Waals surface area contributed by atoms with Crippen LogP contribution in [0, 0.1) is 0 Å². The number of amides is 2. The number of carbonyl (C=O) groups is 2. The first-order chi connectivity index (χ1) is 12.5. The van der Waals surface area contributed by atoms with Crippen molar-refractivity contribution in [2.75, 3.05) is 25.5 Å². The van der Waals surface area contributed by atoms with Crippen molar-refractivity contribution in [1.29, 1.82) is 0 Å². The molecule has 0 aliphatic carbocycles. The molecule has 0 aromatic heterocycles. The minimum absolute atomic E-state index is 0.171. The van der Waals surface area contributed by atoms with Crippen LogP contribution in [0.15, 0.2) is 48.5 Å². The molecule has 0 heterocycles.